The lowest BCUT2D eigenvalue weighted by atomic mass is 10.1. The molecule has 4 nitrogen and oxygen atoms in total. The van der Waals surface area contributed by atoms with E-state index in [2.05, 4.69) is 47.4 Å². The number of aliphatic imine (C=N–C) groups is 1. The van der Waals surface area contributed by atoms with Crippen LogP contribution in [0, 0.1) is 12.8 Å². The molecule has 0 aliphatic rings. The van der Waals surface area contributed by atoms with Gasteiger partial charge in [0.1, 0.15) is 0 Å². The molecular formula is C17H30N4. The molecule has 1 aromatic rings. The lowest BCUT2D eigenvalue weighted by Gasteiger charge is -2.12. The molecule has 0 amide bonds. The second-order valence-corrected chi connectivity index (χ2v) is 5.87. The minimum atomic E-state index is 0.797. The van der Waals surface area contributed by atoms with E-state index in [0.717, 1.165) is 31.4 Å². The zero-order valence-electron chi connectivity index (χ0n) is 13.9. The van der Waals surface area contributed by atoms with Crippen LogP contribution in [0.15, 0.2) is 23.5 Å². The van der Waals surface area contributed by atoms with E-state index in [1.807, 2.05) is 19.4 Å². The highest BCUT2D eigenvalue weighted by molar-refractivity contribution is 5.79. The Kier molecular flexibility index (Phi) is 8.48. The SMILES string of the molecule is CN=C(NCCCCC(C)C)NCCc1ccncc1C. The van der Waals surface area contributed by atoms with Gasteiger partial charge in [-0.15, -0.1) is 0 Å². The predicted molar refractivity (Wildman–Crippen MR) is 90.7 cm³/mol. The normalized spacial score (nSPS) is 11.8. The van der Waals surface area contributed by atoms with Gasteiger partial charge >= 0.3 is 0 Å². The second-order valence-electron chi connectivity index (χ2n) is 5.87. The Morgan fingerprint density at radius 1 is 1.24 bits per heavy atom. The van der Waals surface area contributed by atoms with Gasteiger partial charge in [-0.2, -0.15) is 0 Å². The van der Waals surface area contributed by atoms with Crippen LogP contribution >= 0.6 is 0 Å². The number of rotatable bonds is 8. The fourth-order valence-corrected chi connectivity index (χ4v) is 2.20. The highest BCUT2D eigenvalue weighted by Gasteiger charge is 2.00. The first-order valence-electron chi connectivity index (χ1n) is 7.97. The monoisotopic (exact) mass is 290 g/mol. The fourth-order valence-electron chi connectivity index (χ4n) is 2.20. The smallest absolute Gasteiger partial charge is 0.190 e. The maximum atomic E-state index is 4.26. The molecule has 0 fully saturated rings. The molecule has 0 aliphatic heterocycles. The van der Waals surface area contributed by atoms with E-state index in [4.69, 9.17) is 0 Å². The van der Waals surface area contributed by atoms with Gasteiger partial charge in [0.15, 0.2) is 5.96 Å². The first kappa shape index (κ1) is 17.5. The van der Waals surface area contributed by atoms with E-state index >= 15 is 0 Å². The van der Waals surface area contributed by atoms with Gasteiger partial charge in [-0.25, -0.2) is 0 Å². The van der Waals surface area contributed by atoms with Gasteiger partial charge in [-0.1, -0.05) is 26.7 Å². The van der Waals surface area contributed by atoms with Crippen molar-refractivity contribution in [2.24, 2.45) is 10.9 Å². The van der Waals surface area contributed by atoms with Crippen LogP contribution in [0.25, 0.3) is 0 Å². The number of unbranched alkanes of at least 4 members (excludes halogenated alkanes) is 1. The predicted octanol–water partition coefficient (Wildman–Crippen LogP) is 2.92. The summed E-state index contributed by atoms with van der Waals surface area (Å²) in [6.45, 7) is 8.52. The van der Waals surface area contributed by atoms with E-state index < -0.39 is 0 Å². The Balaban J connectivity index is 2.18. The molecule has 0 atom stereocenters. The third-order valence-corrected chi connectivity index (χ3v) is 3.55. The molecule has 21 heavy (non-hydrogen) atoms. The molecule has 0 aromatic carbocycles. The first-order valence-corrected chi connectivity index (χ1v) is 7.97. The van der Waals surface area contributed by atoms with E-state index in [0.29, 0.717) is 0 Å². The first-order chi connectivity index (χ1) is 10.1. The third-order valence-electron chi connectivity index (χ3n) is 3.55. The van der Waals surface area contributed by atoms with Crippen molar-refractivity contribution in [3.8, 4) is 0 Å². The molecule has 1 aromatic heterocycles. The number of aryl methyl sites for hydroxylation is 1. The van der Waals surface area contributed by atoms with Gasteiger partial charge in [0, 0.05) is 32.5 Å². The van der Waals surface area contributed by atoms with Crippen LogP contribution in [0.4, 0.5) is 0 Å². The van der Waals surface area contributed by atoms with Crippen LogP contribution in [0.2, 0.25) is 0 Å². The summed E-state index contributed by atoms with van der Waals surface area (Å²) in [6, 6.07) is 2.08. The van der Waals surface area contributed by atoms with Gasteiger partial charge in [0.2, 0.25) is 0 Å². The molecule has 1 heterocycles. The van der Waals surface area contributed by atoms with Gasteiger partial charge in [0.25, 0.3) is 0 Å². The maximum absolute atomic E-state index is 4.26. The fraction of sp³-hybridized carbons (Fsp3) is 0.647. The largest absolute Gasteiger partial charge is 0.356 e. The van der Waals surface area contributed by atoms with Crippen molar-refractivity contribution >= 4 is 5.96 Å². The van der Waals surface area contributed by atoms with Crippen molar-refractivity contribution in [3.63, 3.8) is 0 Å². The molecule has 118 valence electrons. The summed E-state index contributed by atoms with van der Waals surface area (Å²) in [5, 5.41) is 6.73. The number of nitrogens with zero attached hydrogens (tertiary/aromatic N) is 2. The van der Waals surface area contributed by atoms with Gasteiger partial charge in [-0.05, 0) is 42.9 Å². The molecule has 0 saturated carbocycles. The van der Waals surface area contributed by atoms with E-state index in [-0.39, 0.29) is 0 Å². The lowest BCUT2D eigenvalue weighted by molar-refractivity contribution is 0.534. The average molecular weight is 290 g/mol. The van der Waals surface area contributed by atoms with Crippen LogP contribution < -0.4 is 10.6 Å². The molecular weight excluding hydrogens is 260 g/mol. The highest BCUT2D eigenvalue weighted by atomic mass is 15.2. The second kappa shape index (κ2) is 10.2. The van der Waals surface area contributed by atoms with Crippen molar-refractivity contribution in [1.82, 2.24) is 15.6 Å². The summed E-state index contributed by atoms with van der Waals surface area (Å²) in [5.41, 5.74) is 2.58. The van der Waals surface area contributed by atoms with Crippen molar-refractivity contribution in [1.29, 1.82) is 0 Å². The number of pyridine rings is 1. The van der Waals surface area contributed by atoms with Crippen LogP contribution in [-0.2, 0) is 6.42 Å². The van der Waals surface area contributed by atoms with Crippen LogP contribution in [0.5, 0.6) is 0 Å². The number of guanidine groups is 1. The van der Waals surface area contributed by atoms with Crippen molar-refractivity contribution < 1.29 is 0 Å². The molecule has 2 N–H and O–H groups in total. The van der Waals surface area contributed by atoms with E-state index in [1.165, 1.54) is 30.4 Å². The summed E-state index contributed by atoms with van der Waals surface area (Å²) in [4.78, 5) is 8.37. The summed E-state index contributed by atoms with van der Waals surface area (Å²) in [6.07, 6.45) is 8.53. The zero-order valence-corrected chi connectivity index (χ0v) is 13.9. The molecule has 0 spiro atoms. The molecule has 0 unspecified atom stereocenters. The molecule has 0 radical (unpaired) electrons. The van der Waals surface area contributed by atoms with E-state index in [1.54, 1.807) is 0 Å². The minimum absolute atomic E-state index is 0.797. The lowest BCUT2D eigenvalue weighted by Crippen LogP contribution is -2.38. The summed E-state index contributed by atoms with van der Waals surface area (Å²) in [5.74, 6) is 1.69. The standard InChI is InChI=1S/C17H30N4/c1-14(2)7-5-6-10-20-17(18-4)21-12-9-16-8-11-19-13-15(16)3/h8,11,13-14H,5-7,9-10,12H2,1-4H3,(H2,18,20,21). The topological polar surface area (TPSA) is 49.3 Å². The summed E-state index contributed by atoms with van der Waals surface area (Å²) >= 11 is 0. The quantitative estimate of drug-likeness (QED) is 0.440. The number of nitrogens with one attached hydrogen (secondary N) is 2. The third kappa shape index (κ3) is 7.69. The van der Waals surface area contributed by atoms with Gasteiger partial charge < -0.3 is 10.6 Å². The van der Waals surface area contributed by atoms with E-state index in [9.17, 15) is 0 Å². The Morgan fingerprint density at radius 2 is 2.00 bits per heavy atom. The highest BCUT2D eigenvalue weighted by Crippen LogP contribution is 2.05. The summed E-state index contributed by atoms with van der Waals surface area (Å²) in [7, 11) is 1.82. The Bertz CT molecular complexity index is 427. The Hall–Kier alpha value is -1.58. The minimum Gasteiger partial charge on any atom is -0.356 e. The van der Waals surface area contributed by atoms with Crippen LogP contribution in [0.1, 0.15) is 44.2 Å². The van der Waals surface area contributed by atoms with Crippen molar-refractivity contribution in [2.75, 3.05) is 20.1 Å². The van der Waals surface area contributed by atoms with Gasteiger partial charge in [0.05, 0.1) is 0 Å². The molecule has 0 bridgehead atoms. The molecule has 0 saturated heterocycles. The Morgan fingerprint density at radius 3 is 2.67 bits per heavy atom. The number of aromatic nitrogens is 1. The van der Waals surface area contributed by atoms with Crippen LogP contribution in [0.3, 0.4) is 0 Å². The molecule has 4 heteroatoms. The zero-order chi connectivity index (χ0) is 15.5. The van der Waals surface area contributed by atoms with Crippen LogP contribution in [-0.4, -0.2) is 31.1 Å². The molecule has 1 rings (SSSR count). The maximum Gasteiger partial charge on any atom is 0.190 e. The number of hydrogen-bond acceptors (Lipinski definition) is 2. The average Bonchev–Trinajstić information content (AvgIpc) is 2.46. The molecule has 0 aliphatic carbocycles. The number of hydrogen-bond donors (Lipinski definition) is 2. The van der Waals surface area contributed by atoms with Gasteiger partial charge in [-0.3, -0.25) is 9.98 Å². The Labute approximate surface area is 129 Å². The van der Waals surface area contributed by atoms with Crippen molar-refractivity contribution in [3.05, 3.63) is 29.6 Å². The summed E-state index contributed by atoms with van der Waals surface area (Å²) < 4.78 is 0. The van der Waals surface area contributed by atoms with Crippen molar-refractivity contribution in [2.45, 2.75) is 46.5 Å².